The van der Waals surface area contributed by atoms with Gasteiger partial charge in [0.15, 0.2) is 0 Å². The van der Waals surface area contributed by atoms with Crippen LogP contribution < -0.4 is 5.73 Å². The lowest BCUT2D eigenvalue weighted by molar-refractivity contribution is 0.621. The number of nitrogens with zero attached hydrogens (tertiary/aromatic N) is 1. The molecular weight excluding hydrogens is 155 g/mol. The Labute approximate surface area is 70.9 Å². The van der Waals surface area contributed by atoms with Gasteiger partial charge in [-0.2, -0.15) is 0 Å². The first-order valence-electron chi connectivity index (χ1n) is 3.81. The second-order valence-electron chi connectivity index (χ2n) is 2.38. The number of aromatic nitrogens is 1. The van der Waals surface area contributed by atoms with E-state index in [9.17, 15) is 4.39 Å². The molecule has 0 radical (unpaired) electrons. The van der Waals surface area contributed by atoms with Crippen LogP contribution in [0.2, 0.25) is 0 Å². The quantitative estimate of drug-likeness (QED) is 0.740. The Balaban J connectivity index is 2.58. The highest BCUT2D eigenvalue weighted by Crippen LogP contribution is 2.00. The number of pyridine rings is 1. The minimum atomic E-state index is -0.314. The van der Waals surface area contributed by atoms with Crippen molar-refractivity contribution in [3.05, 3.63) is 35.9 Å². The van der Waals surface area contributed by atoms with Crippen LogP contribution in [0.3, 0.4) is 0 Å². The molecule has 12 heavy (non-hydrogen) atoms. The fourth-order valence-corrected chi connectivity index (χ4v) is 0.786. The fourth-order valence-electron chi connectivity index (χ4n) is 0.786. The summed E-state index contributed by atoms with van der Waals surface area (Å²) >= 11 is 0. The van der Waals surface area contributed by atoms with Gasteiger partial charge in [-0.1, -0.05) is 6.08 Å². The Bertz CT molecular complexity index is 254. The molecule has 2 N–H and O–H groups in total. The predicted octanol–water partition coefficient (Wildman–Crippen LogP) is 1.58. The summed E-state index contributed by atoms with van der Waals surface area (Å²) < 4.78 is 12.4. The monoisotopic (exact) mass is 166 g/mol. The van der Waals surface area contributed by atoms with Crippen LogP contribution in [0.15, 0.2) is 24.4 Å². The standard InChI is InChI=1S/C9H11FN2/c10-8-4-5-9(12-7-8)3-1-2-6-11/h1,3-5,7H,2,6,11H2. The molecule has 0 fully saturated rings. The minimum absolute atomic E-state index is 0.314. The van der Waals surface area contributed by atoms with E-state index in [1.54, 1.807) is 6.07 Å². The highest BCUT2D eigenvalue weighted by Gasteiger charge is 1.88. The Hall–Kier alpha value is -1.22. The van der Waals surface area contributed by atoms with Crippen LogP contribution in [0, 0.1) is 5.82 Å². The van der Waals surface area contributed by atoms with Crippen molar-refractivity contribution in [3.8, 4) is 0 Å². The van der Waals surface area contributed by atoms with Gasteiger partial charge in [-0.3, -0.25) is 4.98 Å². The maximum absolute atomic E-state index is 12.4. The summed E-state index contributed by atoms with van der Waals surface area (Å²) in [6.07, 6.45) is 5.76. The van der Waals surface area contributed by atoms with Gasteiger partial charge in [0.1, 0.15) is 5.82 Å². The van der Waals surface area contributed by atoms with Gasteiger partial charge in [-0.05, 0) is 31.2 Å². The van der Waals surface area contributed by atoms with Crippen LogP contribution in [0.5, 0.6) is 0 Å². The molecule has 1 aromatic rings. The molecule has 1 aromatic heterocycles. The Morgan fingerprint density at radius 3 is 2.92 bits per heavy atom. The van der Waals surface area contributed by atoms with Crippen LogP contribution in [-0.2, 0) is 0 Å². The van der Waals surface area contributed by atoms with Gasteiger partial charge in [0, 0.05) is 0 Å². The molecule has 0 spiro atoms. The number of rotatable bonds is 3. The minimum Gasteiger partial charge on any atom is -0.330 e. The fraction of sp³-hybridized carbons (Fsp3) is 0.222. The average Bonchev–Trinajstić information content (AvgIpc) is 2.09. The molecule has 0 aliphatic rings. The molecule has 0 unspecified atom stereocenters. The lowest BCUT2D eigenvalue weighted by atomic mass is 10.3. The van der Waals surface area contributed by atoms with E-state index < -0.39 is 0 Å². The number of hydrogen-bond acceptors (Lipinski definition) is 2. The predicted molar refractivity (Wildman–Crippen MR) is 46.9 cm³/mol. The second kappa shape index (κ2) is 4.62. The molecule has 0 aromatic carbocycles. The van der Waals surface area contributed by atoms with E-state index >= 15 is 0 Å². The maximum atomic E-state index is 12.4. The van der Waals surface area contributed by atoms with Crippen LogP contribution in [-0.4, -0.2) is 11.5 Å². The Kier molecular flexibility index (Phi) is 3.41. The van der Waals surface area contributed by atoms with Crippen LogP contribution in [0.1, 0.15) is 12.1 Å². The average molecular weight is 166 g/mol. The second-order valence-corrected chi connectivity index (χ2v) is 2.38. The molecule has 0 atom stereocenters. The molecule has 3 heteroatoms. The molecule has 2 nitrogen and oxygen atoms in total. The van der Waals surface area contributed by atoms with Crippen molar-refractivity contribution in [1.29, 1.82) is 0 Å². The van der Waals surface area contributed by atoms with E-state index in [1.807, 2.05) is 12.2 Å². The van der Waals surface area contributed by atoms with Gasteiger partial charge in [0.05, 0.1) is 11.9 Å². The number of hydrogen-bond donors (Lipinski definition) is 1. The highest BCUT2D eigenvalue weighted by atomic mass is 19.1. The summed E-state index contributed by atoms with van der Waals surface area (Å²) in [5, 5.41) is 0. The van der Waals surface area contributed by atoms with E-state index in [1.165, 1.54) is 12.3 Å². The summed E-state index contributed by atoms with van der Waals surface area (Å²) in [4.78, 5) is 3.85. The SMILES string of the molecule is NCCC=Cc1ccc(F)cn1. The summed E-state index contributed by atoms with van der Waals surface area (Å²) in [7, 11) is 0. The molecule has 0 saturated carbocycles. The van der Waals surface area contributed by atoms with Crippen molar-refractivity contribution in [2.24, 2.45) is 5.73 Å². The molecule has 0 aliphatic heterocycles. The summed E-state index contributed by atoms with van der Waals surface area (Å²) in [6, 6.07) is 3.01. The van der Waals surface area contributed by atoms with Crippen LogP contribution in [0.4, 0.5) is 4.39 Å². The van der Waals surface area contributed by atoms with E-state index in [0.717, 1.165) is 12.1 Å². The summed E-state index contributed by atoms with van der Waals surface area (Å²) in [5.41, 5.74) is 6.04. The molecule has 1 heterocycles. The number of halogens is 1. The smallest absolute Gasteiger partial charge is 0.141 e. The van der Waals surface area contributed by atoms with Gasteiger partial charge in [-0.15, -0.1) is 0 Å². The summed E-state index contributed by atoms with van der Waals surface area (Å²) in [5.74, 6) is -0.314. The van der Waals surface area contributed by atoms with Gasteiger partial charge < -0.3 is 5.73 Å². The molecular formula is C9H11FN2. The van der Waals surface area contributed by atoms with Crippen molar-refractivity contribution in [2.45, 2.75) is 6.42 Å². The van der Waals surface area contributed by atoms with Crippen molar-refractivity contribution >= 4 is 6.08 Å². The third kappa shape index (κ3) is 2.80. The van der Waals surface area contributed by atoms with Crippen molar-refractivity contribution < 1.29 is 4.39 Å². The first-order valence-corrected chi connectivity index (χ1v) is 3.81. The molecule has 0 bridgehead atoms. The summed E-state index contributed by atoms with van der Waals surface area (Å²) in [6.45, 7) is 0.623. The molecule has 0 saturated heterocycles. The molecule has 64 valence electrons. The zero-order valence-electron chi connectivity index (χ0n) is 6.70. The van der Waals surface area contributed by atoms with Crippen LogP contribution >= 0.6 is 0 Å². The third-order valence-corrected chi connectivity index (χ3v) is 1.37. The lowest BCUT2D eigenvalue weighted by Gasteiger charge is -1.91. The Morgan fingerprint density at radius 2 is 2.33 bits per heavy atom. The normalized spacial score (nSPS) is 10.8. The van der Waals surface area contributed by atoms with Crippen molar-refractivity contribution in [1.82, 2.24) is 4.98 Å². The van der Waals surface area contributed by atoms with Gasteiger partial charge in [0.25, 0.3) is 0 Å². The van der Waals surface area contributed by atoms with Crippen LogP contribution in [0.25, 0.3) is 6.08 Å². The maximum Gasteiger partial charge on any atom is 0.141 e. The zero-order valence-corrected chi connectivity index (χ0v) is 6.70. The van der Waals surface area contributed by atoms with E-state index in [0.29, 0.717) is 6.54 Å². The molecule has 0 amide bonds. The molecule has 1 rings (SSSR count). The van der Waals surface area contributed by atoms with E-state index in [4.69, 9.17) is 5.73 Å². The van der Waals surface area contributed by atoms with Gasteiger partial charge in [-0.25, -0.2) is 4.39 Å². The highest BCUT2D eigenvalue weighted by molar-refractivity contribution is 5.43. The lowest BCUT2D eigenvalue weighted by Crippen LogP contribution is -1.95. The Morgan fingerprint density at radius 1 is 1.50 bits per heavy atom. The zero-order chi connectivity index (χ0) is 8.81. The first kappa shape index (κ1) is 8.87. The van der Waals surface area contributed by atoms with Crippen molar-refractivity contribution in [3.63, 3.8) is 0 Å². The third-order valence-electron chi connectivity index (χ3n) is 1.37. The van der Waals surface area contributed by atoms with E-state index in [2.05, 4.69) is 4.98 Å². The molecule has 0 aliphatic carbocycles. The van der Waals surface area contributed by atoms with E-state index in [-0.39, 0.29) is 5.82 Å². The first-order chi connectivity index (χ1) is 5.83. The number of nitrogens with two attached hydrogens (primary N) is 1. The van der Waals surface area contributed by atoms with Gasteiger partial charge >= 0.3 is 0 Å². The van der Waals surface area contributed by atoms with Gasteiger partial charge in [0.2, 0.25) is 0 Å². The largest absolute Gasteiger partial charge is 0.330 e. The topological polar surface area (TPSA) is 38.9 Å². The van der Waals surface area contributed by atoms with Crippen molar-refractivity contribution in [2.75, 3.05) is 6.54 Å².